The van der Waals surface area contributed by atoms with Gasteiger partial charge in [-0.2, -0.15) is 4.31 Å². The lowest BCUT2D eigenvalue weighted by Gasteiger charge is -2.26. The number of carbonyl (C=O) groups is 2. The number of hydrogen-bond donors (Lipinski definition) is 1. The predicted molar refractivity (Wildman–Crippen MR) is 124 cm³/mol. The van der Waals surface area contributed by atoms with Crippen LogP contribution in [0.2, 0.25) is 5.02 Å². The largest absolute Gasteiger partial charge is 0.497 e. The fourth-order valence-corrected chi connectivity index (χ4v) is 4.97. The van der Waals surface area contributed by atoms with Crippen LogP contribution in [0.15, 0.2) is 47.4 Å². The monoisotopic (exact) mass is 495 g/mol. The minimum absolute atomic E-state index is 0.0158. The molecule has 0 bridgehead atoms. The highest BCUT2D eigenvalue weighted by molar-refractivity contribution is 7.89. The third-order valence-electron chi connectivity index (χ3n) is 5.13. The van der Waals surface area contributed by atoms with Crippen LogP contribution in [-0.4, -0.2) is 75.9 Å². The standard InChI is InChI=1S/C22H26ClN3O6S/c1-3-25(15-21(27)24-16-5-4-6-17(13-16)31-2)22(28)19-14-18(7-8-20(19)23)33(29,30)26-9-11-32-12-10-26/h4-8,13-14H,3,9-12,15H2,1-2H3,(H,24,27). The molecule has 3 rings (SSSR count). The van der Waals surface area contributed by atoms with Gasteiger partial charge in [0.15, 0.2) is 0 Å². The lowest BCUT2D eigenvalue weighted by atomic mass is 10.2. The molecule has 0 radical (unpaired) electrons. The van der Waals surface area contributed by atoms with E-state index in [1.165, 1.54) is 34.5 Å². The summed E-state index contributed by atoms with van der Waals surface area (Å²) in [6.07, 6.45) is 0. The van der Waals surface area contributed by atoms with Gasteiger partial charge in [0.25, 0.3) is 5.91 Å². The first-order chi connectivity index (χ1) is 15.8. The number of anilines is 1. The maximum atomic E-state index is 13.2. The summed E-state index contributed by atoms with van der Waals surface area (Å²) in [6.45, 7) is 2.80. The van der Waals surface area contributed by atoms with Gasteiger partial charge in [0.2, 0.25) is 15.9 Å². The number of benzene rings is 2. The molecule has 11 heteroatoms. The minimum Gasteiger partial charge on any atom is -0.497 e. The first kappa shape index (κ1) is 25.0. The molecular weight excluding hydrogens is 470 g/mol. The van der Waals surface area contributed by atoms with Crippen molar-refractivity contribution in [3.8, 4) is 5.75 Å². The number of hydrogen-bond acceptors (Lipinski definition) is 6. The Morgan fingerprint density at radius 3 is 2.58 bits per heavy atom. The van der Waals surface area contributed by atoms with Crippen molar-refractivity contribution >= 4 is 39.1 Å². The Labute approximate surface area is 198 Å². The summed E-state index contributed by atoms with van der Waals surface area (Å²) in [5.41, 5.74) is 0.543. The molecular formula is C22H26ClN3O6S. The molecule has 0 atom stereocenters. The maximum Gasteiger partial charge on any atom is 0.255 e. The van der Waals surface area contributed by atoms with Crippen molar-refractivity contribution in [2.24, 2.45) is 0 Å². The molecule has 0 spiro atoms. The van der Waals surface area contributed by atoms with Crippen molar-refractivity contribution in [2.75, 3.05) is 51.8 Å². The van der Waals surface area contributed by atoms with Crippen LogP contribution in [0.25, 0.3) is 0 Å². The van der Waals surface area contributed by atoms with E-state index in [4.69, 9.17) is 21.1 Å². The number of ether oxygens (including phenoxy) is 2. The number of morpholine rings is 1. The second kappa shape index (κ2) is 11.0. The van der Waals surface area contributed by atoms with Crippen molar-refractivity contribution in [3.63, 3.8) is 0 Å². The molecule has 0 saturated carbocycles. The highest BCUT2D eigenvalue weighted by Crippen LogP contribution is 2.25. The number of halogens is 1. The molecule has 1 saturated heterocycles. The van der Waals surface area contributed by atoms with Gasteiger partial charge in [-0.1, -0.05) is 17.7 Å². The second-order valence-electron chi connectivity index (χ2n) is 7.26. The highest BCUT2D eigenvalue weighted by atomic mass is 35.5. The lowest BCUT2D eigenvalue weighted by molar-refractivity contribution is -0.116. The molecule has 1 fully saturated rings. The third kappa shape index (κ3) is 6.02. The van der Waals surface area contributed by atoms with Crippen LogP contribution in [-0.2, 0) is 19.6 Å². The molecule has 1 heterocycles. The van der Waals surface area contributed by atoms with E-state index in [1.807, 2.05) is 0 Å². The normalized spacial score (nSPS) is 14.5. The third-order valence-corrected chi connectivity index (χ3v) is 7.36. The fourth-order valence-electron chi connectivity index (χ4n) is 3.34. The summed E-state index contributed by atoms with van der Waals surface area (Å²) in [7, 11) is -2.28. The molecule has 0 unspecified atom stereocenters. The Balaban J connectivity index is 1.77. The Morgan fingerprint density at radius 2 is 1.91 bits per heavy atom. The van der Waals surface area contributed by atoms with Crippen molar-refractivity contribution in [3.05, 3.63) is 53.1 Å². The SMILES string of the molecule is CCN(CC(=O)Nc1cccc(OC)c1)C(=O)c1cc(S(=O)(=O)N2CCOCC2)ccc1Cl. The number of likely N-dealkylation sites (N-methyl/N-ethyl adjacent to an activating group) is 1. The van der Waals surface area contributed by atoms with Crippen LogP contribution < -0.4 is 10.1 Å². The quantitative estimate of drug-likeness (QED) is 0.603. The van der Waals surface area contributed by atoms with E-state index in [0.29, 0.717) is 24.7 Å². The van der Waals surface area contributed by atoms with Crippen LogP contribution in [0, 0.1) is 0 Å². The van der Waals surface area contributed by atoms with Gasteiger partial charge >= 0.3 is 0 Å². The van der Waals surface area contributed by atoms with Crippen LogP contribution in [0.1, 0.15) is 17.3 Å². The number of nitrogens with zero attached hydrogens (tertiary/aromatic N) is 2. The lowest BCUT2D eigenvalue weighted by Crippen LogP contribution is -2.41. The predicted octanol–water partition coefficient (Wildman–Crippen LogP) is 2.47. The summed E-state index contributed by atoms with van der Waals surface area (Å²) >= 11 is 6.24. The molecule has 178 valence electrons. The molecule has 1 aliphatic rings. The number of methoxy groups -OCH3 is 1. The number of carbonyl (C=O) groups excluding carboxylic acids is 2. The smallest absolute Gasteiger partial charge is 0.255 e. The summed E-state index contributed by atoms with van der Waals surface area (Å²) in [4.78, 5) is 27.0. The van der Waals surface area contributed by atoms with Gasteiger partial charge < -0.3 is 19.7 Å². The first-order valence-electron chi connectivity index (χ1n) is 10.4. The van der Waals surface area contributed by atoms with E-state index in [-0.39, 0.29) is 41.7 Å². The minimum atomic E-state index is -3.80. The zero-order chi connectivity index (χ0) is 24.0. The van der Waals surface area contributed by atoms with Crippen LogP contribution >= 0.6 is 11.6 Å². The van der Waals surface area contributed by atoms with Crippen LogP contribution in [0.5, 0.6) is 5.75 Å². The van der Waals surface area contributed by atoms with Gasteiger partial charge in [0.1, 0.15) is 12.3 Å². The average Bonchev–Trinajstić information content (AvgIpc) is 2.83. The van der Waals surface area contributed by atoms with E-state index < -0.39 is 21.8 Å². The zero-order valence-electron chi connectivity index (χ0n) is 18.4. The summed E-state index contributed by atoms with van der Waals surface area (Å²) in [6, 6.07) is 10.9. The van der Waals surface area contributed by atoms with Crippen LogP contribution in [0.4, 0.5) is 5.69 Å². The van der Waals surface area contributed by atoms with Gasteiger partial charge in [-0.15, -0.1) is 0 Å². The van der Waals surface area contributed by atoms with E-state index in [9.17, 15) is 18.0 Å². The van der Waals surface area contributed by atoms with Crippen LogP contribution in [0.3, 0.4) is 0 Å². The van der Waals surface area contributed by atoms with Gasteiger partial charge in [-0.3, -0.25) is 9.59 Å². The van der Waals surface area contributed by atoms with Gasteiger partial charge in [-0.05, 0) is 37.3 Å². The number of sulfonamides is 1. The summed E-state index contributed by atoms with van der Waals surface area (Å²) < 4.78 is 37.6. The zero-order valence-corrected chi connectivity index (χ0v) is 20.0. The maximum absolute atomic E-state index is 13.2. The van der Waals surface area contributed by atoms with Gasteiger partial charge in [-0.25, -0.2) is 8.42 Å². The number of nitrogens with one attached hydrogen (secondary N) is 1. The summed E-state index contributed by atoms with van der Waals surface area (Å²) in [5.74, 6) is -0.365. The highest BCUT2D eigenvalue weighted by Gasteiger charge is 2.28. The molecule has 0 aromatic heterocycles. The van der Waals surface area contributed by atoms with E-state index in [0.717, 1.165) is 0 Å². The molecule has 2 amide bonds. The Hall–Kier alpha value is -2.66. The number of rotatable bonds is 8. The van der Waals surface area contributed by atoms with Crippen molar-refractivity contribution in [1.29, 1.82) is 0 Å². The van der Waals surface area contributed by atoms with Crippen molar-refractivity contribution in [2.45, 2.75) is 11.8 Å². The van der Waals surface area contributed by atoms with E-state index >= 15 is 0 Å². The topological polar surface area (TPSA) is 105 Å². The number of amides is 2. The Bertz CT molecular complexity index is 1120. The van der Waals surface area contributed by atoms with E-state index in [2.05, 4.69) is 5.32 Å². The fraction of sp³-hybridized carbons (Fsp3) is 0.364. The van der Waals surface area contributed by atoms with Gasteiger partial charge in [0.05, 0.1) is 35.8 Å². The van der Waals surface area contributed by atoms with Crippen molar-refractivity contribution in [1.82, 2.24) is 9.21 Å². The molecule has 1 aliphatic heterocycles. The summed E-state index contributed by atoms with van der Waals surface area (Å²) in [5, 5.41) is 2.83. The second-order valence-corrected chi connectivity index (χ2v) is 9.60. The molecule has 0 aliphatic carbocycles. The van der Waals surface area contributed by atoms with E-state index in [1.54, 1.807) is 31.2 Å². The van der Waals surface area contributed by atoms with Crippen molar-refractivity contribution < 1.29 is 27.5 Å². The Morgan fingerprint density at radius 1 is 1.18 bits per heavy atom. The van der Waals surface area contributed by atoms with Gasteiger partial charge in [0, 0.05) is 31.4 Å². The molecule has 9 nitrogen and oxygen atoms in total. The Kier molecular flexibility index (Phi) is 8.30. The molecule has 2 aromatic carbocycles. The molecule has 1 N–H and O–H groups in total. The molecule has 2 aromatic rings. The molecule has 33 heavy (non-hydrogen) atoms. The average molecular weight is 496 g/mol. The first-order valence-corrected chi connectivity index (χ1v) is 12.2.